The predicted octanol–water partition coefficient (Wildman–Crippen LogP) is 1.64. The molecule has 2 N–H and O–H groups in total. The summed E-state index contributed by atoms with van der Waals surface area (Å²) in [4.78, 5) is 13.9. The number of aromatic nitrogens is 2. The van der Waals surface area contributed by atoms with Crippen LogP contribution in [0, 0.1) is 0 Å². The molecule has 0 radical (unpaired) electrons. The van der Waals surface area contributed by atoms with Crippen LogP contribution in [0.3, 0.4) is 0 Å². The van der Waals surface area contributed by atoms with E-state index in [4.69, 9.17) is 4.74 Å². The van der Waals surface area contributed by atoms with Gasteiger partial charge in [-0.15, -0.1) is 0 Å². The van der Waals surface area contributed by atoms with E-state index < -0.39 is 6.09 Å². The molecule has 0 saturated carbocycles. The van der Waals surface area contributed by atoms with Crippen molar-refractivity contribution in [2.75, 3.05) is 13.1 Å². The Bertz CT molecular complexity index is 951. The van der Waals surface area contributed by atoms with Crippen molar-refractivity contribution in [3.63, 3.8) is 0 Å². The normalized spacial score (nSPS) is 14.4. The molecule has 1 aromatic heterocycles. The zero-order valence-corrected chi connectivity index (χ0v) is 12.9. The van der Waals surface area contributed by atoms with Gasteiger partial charge >= 0.3 is 28.2 Å². The van der Waals surface area contributed by atoms with Crippen LogP contribution in [0.5, 0.6) is 5.75 Å². The second-order valence-electron chi connectivity index (χ2n) is 5.80. The first-order valence-corrected chi connectivity index (χ1v) is 7.83. The molecule has 0 bridgehead atoms. The molecule has 4 rings (SSSR count). The van der Waals surface area contributed by atoms with E-state index in [-0.39, 0.29) is 11.3 Å². The lowest BCUT2D eigenvalue weighted by molar-refractivity contribution is -0.894. The van der Waals surface area contributed by atoms with Gasteiger partial charge in [0.25, 0.3) is 0 Å². The molecule has 1 fully saturated rings. The zero-order valence-electron chi connectivity index (χ0n) is 12.9. The fraction of sp³-hybridized carbons (Fsp3) is 0.235. The molecular formula is C17H17N3O4+2. The molecule has 1 aliphatic rings. The summed E-state index contributed by atoms with van der Waals surface area (Å²) in [6.45, 7) is 1.34. The number of rotatable bonds is 1. The summed E-state index contributed by atoms with van der Waals surface area (Å²) < 4.78 is 7.39. The number of ether oxygens (including phenoxy) is 1. The topological polar surface area (TPSA) is 77.8 Å². The third kappa shape index (κ3) is 2.17. The highest BCUT2D eigenvalue weighted by Crippen LogP contribution is 2.23. The summed E-state index contributed by atoms with van der Waals surface area (Å²) in [6, 6.07) is 11.8. The van der Waals surface area contributed by atoms with Gasteiger partial charge in [0.2, 0.25) is 5.75 Å². The van der Waals surface area contributed by atoms with E-state index in [2.05, 4.69) is 0 Å². The Morgan fingerprint density at radius 2 is 1.54 bits per heavy atom. The highest BCUT2D eigenvalue weighted by atomic mass is 16.6. The Hall–Kier alpha value is -3.09. The molecule has 1 aliphatic heterocycles. The quantitative estimate of drug-likeness (QED) is 0.405. The maximum absolute atomic E-state index is 12.3. The molecule has 3 aromatic rings. The van der Waals surface area contributed by atoms with E-state index >= 15 is 0 Å². The van der Waals surface area contributed by atoms with Gasteiger partial charge in [-0.05, 0) is 18.9 Å². The van der Waals surface area contributed by atoms with E-state index in [1.165, 1.54) is 0 Å². The number of hydrogen-bond acceptors (Lipinski definition) is 4. The fourth-order valence-electron chi connectivity index (χ4n) is 3.11. The van der Waals surface area contributed by atoms with Crippen molar-refractivity contribution < 1.29 is 29.4 Å². The average Bonchev–Trinajstić information content (AvgIpc) is 3.14. The first-order chi connectivity index (χ1) is 11.7. The smallest absolute Gasteiger partial charge is 0.403 e. The minimum atomic E-state index is -0.447. The number of amides is 1. The van der Waals surface area contributed by atoms with Crippen LogP contribution in [0.2, 0.25) is 0 Å². The van der Waals surface area contributed by atoms with Crippen molar-refractivity contribution in [3.8, 4) is 5.75 Å². The molecule has 7 nitrogen and oxygen atoms in total. The van der Waals surface area contributed by atoms with Crippen molar-refractivity contribution in [1.82, 2.24) is 4.90 Å². The number of para-hydroxylation sites is 3. The lowest BCUT2D eigenvalue weighted by atomic mass is 10.2. The average molecular weight is 327 g/mol. The maximum Gasteiger partial charge on any atom is 0.415 e. The van der Waals surface area contributed by atoms with Gasteiger partial charge in [-0.25, -0.2) is 4.79 Å². The highest BCUT2D eigenvalue weighted by molar-refractivity contribution is 5.83. The van der Waals surface area contributed by atoms with Crippen LogP contribution in [-0.2, 0) is 0 Å². The van der Waals surface area contributed by atoms with Crippen molar-refractivity contribution >= 4 is 28.2 Å². The molecule has 0 aliphatic carbocycles. The van der Waals surface area contributed by atoms with Gasteiger partial charge in [-0.1, -0.05) is 18.2 Å². The minimum absolute atomic E-state index is 0.195. The monoisotopic (exact) mass is 327 g/mol. The molecule has 2 heterocycles. The van der Waals surface area contributed by atoms with Crippen LogP contribution < -0.4 is 14.2 Å². The van der Waals surface area contributed by atoms with E-state index in [9.17, 15) is 15.2 Å². The Morgan fingerprint density at radius 3 is 2.25 bits per heavy atom. The third-order valence-electron chi connectivity index (χ3n) is 4.32. The van der Waals surface area contributed by atoms with Crippen LogP contribution >= 0.6 is 0 Å². The largest absolute Gasteiger partial charge is 0.415 e. The van der Waals surface area contributed by atoms with Crippen LogP contribution in [0.25, 0.3) is 22.1 Å². The predicted molar refractivity (Wildman–Crippen MR) is 83.0 cm³/mol. The lowest BCUT2D eigenvalue weighted by Gasteiger charge is -2.14. The van der Waals surface area contributed by atoms with Gasteiger partial charge in [0.15, 0.2) is 0 Å². The number of carbonyl (C=O) groups excluding carboxylic acids is 1. The number of benzene rings is 2. The molecule has 1 saturated heterocycles. The molecule has 24 heavy (non-hydrogen) atoms. The molecule has 7 heteroatoms. The minimum Gasteiger partial charge on any atom is -0.403 e. The number of carbonyl (C=O) groups is 1. The first-order valence-electron chi connectivity index (χ1n) is 7.83. The van der Waals surface area contributed by atoms with Gasteiger partial charge in [0.05, 0.1) is 0 Å². The van der Waals surface area contributed by atoms with E-state index in [0.29, 0.717) is 29.6 Å². The van der Waals surface area contributed by atoms with Crippen molar-refractivity contribution in [2.24, 2.45) is 0 Å². The summed E-state index contributed by atoms with van der Waals surface area (Å²) in [5.74, 6) is 0.195. The summed E-state index contributed by atoms with van der Waals surface area (Å²) in [7, 11) is 0. The maximum atomic E-state index is 12.3. The molecule has 0 spiro atoms. The lowest BCUT2D eigenvalue weighted by Crippen LogP contribution is -2.43. The van der Waals surface area contributed by atoms with E-state index in [1.54, 1.807) is 47.4 Å². The first kappa shape index (κ1) is 14.5. The molecule has 0 atom stereocenters. The van der Waals surface area contributed by atoms with Gasteiger partial charge in [0, 0.05) is 40.7 Å². The Balaban J connectivity index is 1.88. The number of fused-ring (bicyclic) bond motifs is 2. The van der Waals surface area contributed by atoms with Gasteiger partial charge in [-0.2, -0.15) is 0 Å². The summed E-state index contributed by atoms with van der Waals surface area (Å²) in [5.41, 5.74) is 1.40. The number of hydrogen-bond donors (Lipinski definition) is 2. The molecular weight excluding hydrogens is 310 g/mol. The highest BCUT2D eigenvalue weighted by Gasteiger charge is 2.32. The Morgan fingerprint density at radius 1 is 0.917 bits per heavy atom. The van der Waals surface area contributed by atoms with Crippen molar-refractivity contribution in [1.29, 1.82) is 0 Å². The zero-order chi connectivity index (χ0) is 16.7. The number of likely N-dealkylation sites (tertiary alicyclic amines) is 1. The van der Waals surface area contributed by atoms with Crippen molar-refractivity contribution in [2.45, 2.75) is 12.8 Å². The second-order valence-corrected chi connectivity index (χ2v) is 5.80. The second kappa shape index (κ2) is 5.52. The van der Waals surface area contributed by atoms with Crippen LogP contribution in [0.15, 0.2) is 42.5 Å². The number of nitrogens with zero attached hydrogens (tertiary/aromatic N) is 3. The SMILES string of the molecule is O=C(Oc1cccc2c1[n+](O)c1ccccc1[n+]2O)N1CCCC1. The molecule has 122 valence electrons. The van der Waals surface area contributed by atoms with E-state index in [1.807, 2.05) is 0 Å². The molecule has 1 amide bonds. The third-order valence-corrected chi connectivity index (χ3v) is 4.32. The van der Waals surface area contributed by atoms with Crippen LogP contribution in [-0.4, -0.2) is 34.5 Å². The van der Waals surface area contributed by atoms with Crippen LogP contribution in [0.4, 0.5) is 4.79 Å². The summed E-state index contributed by atoms with van der Waals surface area (Å²) >= 11 is 0. The standard InChI is InChI=1S/C17H17N3O4/c21-17(18-10-3-4-11-18)24-15-9-5-8-14-16(15)20(23)13-7-2-1-6-12(13)19(14)22/h1-2,5-9,22-23H,3-4,10-11H2/q+2. The Labute approximate surface area is 137 Å². The van der Waals surface area contributed by atoms with Crippen LogP contribution in [0.1, 0.15) is 12.8 Å². The molecule has 0 unspecified atom stereocenters. The van der Waals surface area contributed by atoms with Gasteiger partial charge < -0.3 is 9.64 Å². The van der Waals surface area contributed by atoms with Gasteiger partial charge in [-0.3, -0.25) is 10.4 Å². The van der Waals surface area contributed by atoms with E-state index in [0.717, 1.165) is 22.3 Å². The Kier molecular flexibility index (Phi) is 3.34. The van der Waals surface area contributed by atoms with Gasteiger partial charge in [0.1, 0.15) is 0 Å². The fourth-order valence-corrected chi connectivity index (χ4v) is 3.11. The summed E-state index contributed by atoms with van der Waals surface area (Å²) in [5, 5.41) is 21.0. The summed E-state index contributed by atoms with van der Waals surface area (Å²) in [6.07, 6.45) is 1.48. The van der Waals surface area contributed by atoms with Crippen molar-refractivity contribution in [3.05, 3.63) is 42.5 Å². The molecule has 2 aromatic carbocycles.